The van der Waals surface area contributed by atoms with Crippen molar-refractivity contribution in [2.75, 3.05) is 6.61 Å². The molecule has 2 aromatic carbocycles. The first kappa shape index (κ1) is 20.3. The third-order valence-electron chi connectivity index (χ3n) is 5.27. The number of Topliss-reactive ketones (excluding diaryl/α,β-unsaturated/α-hetero) is 1. The van der Waals surface area contributed by atoms with Crippen LogP contribution in [-0.4, -0.2) is 27.9 Å². The Kier molecular flexibility index (Phi) is 5.50. The molecule has 0 saturated carbocycles. The van der Waals surface area contributed by atoms with E-state index in [1.54, 1.807) is 19.2 Å². The molecule has 0 radical (unpaired) electrons. The van der Waals surface area contributed by atoms with Crippen LogP contribution >= 0.6 is 0 Å². The third kappa shape index (κ3) is 4.03. The van der Waals surface area contributed by atoms with Crippen molar-refractivity contribution >= 4 is 33.6 Å². The van der Waals surface area contributed by atoms with Crippen LogP contribution in [0.25, 0.3) is 21.8 Å². The second kappa shape index (κ2) is 8.41. The van der Waals surface area contributed by atoms with Crippen molar-refractivity contribution in [3.8, 4) is 6.07 Å². The SMILES string of the molecule is Cc1ccc2nc(C)c(C(=O)OCC(=O)c3cn(CCC#N)c4ccccc34)cc2c1. The maximum absolute atomic E-state index is 12.9. The third-order valence-corrected chi connectivity index (χ3v) is 5.27. The number of hydrogen-bond acceptors (Lipinski definition) is 5. The Bertz CT molecular complexity index is 1360. The molecule has 0 aliphatic carbocycles. The Morgan fingerprint density at radius 3 is 2.71 bits per heavy atom. The van der Waals surface area contributed by atoms with Crippen LogP contribution in [0.2, 0.25) is 0 Å². The molecule has 6 nitrogen and oxygen atoms in total. The second-order valence-corrected chi connectivity index (χ2v) is 7.48. The van der Waals surface area contributed by atoms with E-state index in [1.807, 2.05) is 54.0 Å². The summed E-state index contributed by atoms with van der Waals surface area (Å²) >= 11 is 0. The molecule has 0 saturated heterocycles. The molecule has 6 heteroatoms. The fraction of sp³-hybridized carbons (Fsp3) is 0.200. The van der Waals surface area contributed by atoms with E-state index in [9.17, 15) is 9.59 Å². The number of ether oxygens (including phenoxy) is 1. The molecule has 2 aromatic heterocycles. The lowest BCUT2D eigenvalue weighted by Crippen LogP contribution is -2.15. The highest BCUT2D eigenvalue weighted by Gasteiger charge is 2.19. The summed E-state index contributed by atoms with van der Waals surface area (Å²) in [6, 6.07) is 17.2. The molecule has 0 amide bonds. The van der Waals surface area contributed by atoms with E-state index in [0.29, 0.717) is 29.8 Å². The van der Waals surface area contributed by atoms with Gasteiger partial charge < -0.3 is 9.30 Å². The highest BCUT2D eigenvalue weighted by atomic mass is 16.5. The number of aromatic nitrogens is 2. The molecule has 4 rings (SSSR count). The number of benzene rings is 2. The Morgan fingerprint density at radius 1 is 1.10 bits per heavy atom. The van der Waals surface area contributed by atoms with Crippen molar-refractivity contribution < 1.29 is 14.3 Å². The minimum Gasteiger partial charge on any atom is -0.454 e. The molecule has 2 heterocycles. The van der Waals surface area contributed by atoms with E-state index < -0.39 is 5.97 Å². The van der Waals surface area contributed by atoms with Crippen LogP contribution in [0.5, 0.6) is 0 Å². The van der Waals surface area contributed by atoms with Gasteiger partial charge in [0.15, 0.2) is 6.61 Å². The Labute approximate surface area is 179 Å². The summed E-state index contributed by atoms with van der Waals surface area (Å²) in [5.41, 5.74) is 4.13. The fourth-order valence-electron chi connectivity index (χ4n) is 3.71. The van der Waals surface area contributed by atoms with Gasteiger partial charge in [0.25, 0.3) is 0 Å². The number of rotatable bonds is 6. The summed E-state index contributed by atoms with van der Waals surface area (Å²) in [6.45, 7) is 3.85. The minimum atomic E-state index is -0.574. The van der Waals surface area contributed by atoms with Crippen LogP contribution in [0.3, 0.4) is 0 Å². The average molecular weight is 411 g/mol. The van der Waals surface area contributed by atoms with Gasteiger partial charge in [-0.2, -0.15) is 5.26 Å². The average Bonchev–Trinajstić information content (AvgIpc) is 3.14. The number of pyridine rings is 1. The van der Waals surface area contributed by atoms with Crippen LogP contribution in [-0.2, 0) is 11.3 Å². The molecule has 154 valence electrons. The summed E-state index contributed by atoms with van der Waals surface area (Å²) in [6.07, 6.45) is 2.07. The van der Waals surface area contributed by atoms with Crippen LogP contribution in [0.4, 0.5) is 0 Å². The van der Waals surface area contributed by atoms with Crippen molar-refractivity contribution in [3.05, 3.63) is 77.1 Å². The van der Waals surface area contributed by atoms with Crippen LogP contribution in [0.1, 0.15) is 38.4 Å². The number of fused-ring (bicyclic) bond motifs is 2. The quantitative estimate of drug-likeness (QED) is 0.337. The Hall–Kier alpha value is -3.98. The number of ketones is 1. The molecule has 0 unspecified atom stereocenters. The lowest BCUT2D eigenvalue weighted by molar-refractivity contribution is 0.0474. The number of carbonyl (C=O) groups is 2. The minimum absolute atomic E-state index is 0.289. The smallest absolute Gasteiger partial charge is 0.340 e. The summed E-state index contributed by atoms with van der Waals surface area (Å²) < 4.78 is 7.24. The normalized spacial score (nSPS) is 10.9. The van der Waals surface area contributed by atoms with Gasteiger partial charge in [-0.15, -0.1) is 0 Å². The van der Waals surface area contributed by atoms with E-state index in [-0.39, 0.29) is 12.4 Å². The Balaban J connectivity index is 1.55. The molecule has 0 N–H and O–H groups in total. The number of aryl methyl sites for hydroxylation is 3. The number of nitrogens with zero attached hydrogens (tertiary/aromatic N) is 3. The summed E-state index contributed by atoms with van der Waals surface area (Å²) in [5.74, 6) is -0.863. The predicted molar refractivity (Wildman–Crippen MR) is 118 cm³/mol. The number of nitriles is 1. The first-order valence-corrected chi connectivity index (χ1v) is 10.0. The summed E-state index contributed by atoms with van der Waals surface area (Å²) in [4.78, 5) is 30.0. The van der Waals surface area contributed by atoms with Crippen LogP contribution < -0.4 is 0 Å². The van der Waals surface area contributed by atoms with Gasteiger partial charge >= 0.3 is 5.97 Å². The highest BCUT2D eigenvalue weighted by molar-refractivity contribution is 6.09. The van der Waals surface area contributed by atoms with Gasteiger partial charge in [0.2, 0.25) is 5.78 Å². The van der Waals surface area contributed by atoms with Gasteiger partial charge in [0.1, 0.15) is 0 Å². The standard InChI is InChI=1S/C25H21N3O3/c1-16-8-9-22-18(12-16)13-20(17(2)27-22)25(30)31-15-24(29)21-14-28(11-5-10-26)23-7-4-3-6-19(21)23/h3-4,6-9,12-14H,5,11,15H2,1-2H3. The number of carbonyl (C=O) groups excluding carboxylic acids is 2. The van der Waals surface area contributed by atoms with Gasteiger partial charge in [-0.1, -0.05) is 29.8 Å². The summed E-state index contributed by atoms with van der Waals surface area (Å²) in [5, 5.41) is 10.5. The molecular weight excluding hydrogens is 390 g/mol. The van der Waals surface area contributed by atoms with Gasteiger partial charge in [0, 0.05) is 34.6 Å². The fourth-order valence-corrected chi connectivity index (χ4v) is 3.71. The van der Waals surface area contributed by atoms with Crippen LogP contribution in [0.15, 0.2) is 54.7 Å². The molecule has 0 bridgehead atoms. The van der Waals surface area contributed by atoms with E-state index in [2.05, 4.69) is 11.1 Å². The van der Waals surface area contributed by atoms with E-state index >= 15 is 0 Å². The second-order valence-electron chi connectivity index (χ2n) is 7.48. The van der Waals surface area contributed by atoms with E-state index in [4.69, 9.17) is 10.00 Å². The molecule has 0 aliphatic rings. The van der Waals surface area contributed by atoms with Crippen molar-refractivity contribution in [2.24, 2.45) is 0 Å². The van der Waals surface area contributed by atoms with Crippen molar-refractivity contribution in [1.29, 1.82) is 5.26 Å². The van der Waals surface area contributed by atoms with E-state index in [0.717, 1.165) is 27.4 Å². The highest BCUT2D eigenvalue weighted by Crippen LogP contribution is 2.23. The molecule has 0 spiro atoms. The molecule has 0 fully saturated rings. The molecule has 0 atom stereocenters. The number of hydrogen-bond donors (Lipinski definition) is 0. The monoisotopic (exact) mass is 411 g/mol. The maximum atomic E-state index is 12.9. The van der Waals surface area contributed by atoms with Crippen molar-refractivity contribution in [1.82, 2.24) is 9.55 Å². The lowest BCUT2D eigenvalue weighted by atomic mass is 10.1. The van der Waals surface area contributed by atoms with Gasteiger partial charge in [-0.05, 0) is 38.1 Å². The topological polar surface area (TPSA) is 85.0 Å². The Morgan fingerprint density at radius 2 is 1.90 bits per heavy atom. The first-order valence-electron chi connectivity index (χ1n) is 10.0. The zero-order chi connectivity index (χ0) is 22.0. The van der Waals surface area contributed by atoms with E-state index in [1.165, 1.54) is 0 Å². The van der Waals surface area contributed by atoms with Gasteiger partial charge in [0.05, 0.1) is 29.3 Å². The maximum Gasteiger partial charge on any atom is 0.340 e. The lowest BCUT2D eigenvalue weighted by Gasteiger charge is -2.08. The number of esters is 1. The predicted octanol–water partition coefficient (Wildman–Crippen LogP) is 4.76. The molecular formula is C25H21N3O3. The largest absolute Gasteiger partial charge is 0.454 e. The molecule has 0 aliphatic heterocycles. The van der Waals surface area contributed by atoms with Crippen LogP contribution in [0, 0.1) is 25.2 Å². The van der Waals surface area contributed by atoms with Gasteiger partial charge in [-0.3, -0.25) is 9.78 Å². The zero-order valence-electron chi connectivity index (χ0n) is 17.4. The number of para-hydroxylation sites is 1. The molecule has 31 heavy (non-hydrogen) atoms. The first-order chi connectivity index (χ1) is 15.0. The van der Waals surface area contributed by atoms with Gasteiger partial charge in [-0.25, -0.2) is 4.79 Å². The van der Waals surface area contributed by atoms with Crippen molar-refractivity contribution in [3.63, 3.8) is 0 Å². The summed E-state index contributed by atoms with van der Waals surface area (Å²) in [7, 11) is 0. The molecule has 4 aromatic rings. The zero-order valence-corrected chi connectivity index (χ0v) is 17.4. The van der Waals surface area contributed by atoms with Crippen molar-refractivity contribution in [2.45, 2.75) is 26.8 Å².